The van der Waals surface area contributed by atoms with Gasteiger partial charge < -0.3 is 5.32 Å². The van der Waals surface area contributed by atoms with E-state index in [9.17, 15) is 0 Å². The Kier molecular flexibility index (Phi) is 3.60. The minimum atomic E-state index is 0.882. The van der Waals surface area contributed by atoms with Crippen molar-refractivity contribution < 1.29 is 0 Å². The molecule has 1 unspecified atom stereocenters. The highest BCUT2D eigenvalue weighted by atomic mass is 32.1. The Labute approximate surface area is 90.5 Å². The van der Waals surface area contributed by atoms with Gasteiger partial charge >= 0.3 is 0 Å². The van der Waals surface area contributed by atoms with E-state index in [1.54, 1.807) is 10.4 Å². The molecule has 0 radical (unpaired) electrons. The van der Waals surface area contributed by atoms with Gasteiger partial charge in [-0.25, -0.2) is 0 Å². The topological polar surface area (TPSA) is 12.0 Å². The van der Waals surface area contributed by atoms with Gasteiger partial charge in [0.1, 0.15) is 0 Å². The fourth-order valence-electron chi connectivity index (χ4n) is 2.22. The monoisotopic (exact) mass is 209 g/mol. The Morgan fingerprint density at radius 2 is 2.50 bits per heavy atom. The zero-order valence-electron chi connectivity index (χ0n) is 8.88. The maximum absolute atomic E-state index is 3.49. The Balaban J connectivity index is 1.95. The minimum absolute atomic E-state index is 0.882. The molecule has 0 aromatic carbocycles. The van der Waals surface area contributed by atoms with E-state index >= 15 is 0 Å². The van der Waals surface area contributed by atoms with E-state index in [1.807, 2.05) is 11.3 Å². The molecule has 1 aromatic rings. The summed E-state index contributed by atoms with van der Waals surface area (Å²) in [4.78, 5) is 1.63. The lowest BCUT2D eigenvalue weighted by Gasteiger charge is -2.22. The summed E-state index contributed by atoms with van der Waals surface area (Å²) in [6.07, 6.45) is 5.26. The summed E-state index contributed by atoms with van der Waals surface area (Å²) in [5.41, 5.74) is 1.57. The van der Waals surface area contributed by atoms with Crippen LogP contribution in [-0.4, -0.2) is 13.1 Å². The Morgan fingerprint density at radius 1 is 1.57 bits per heavy atom. The standard InChI is InChI=1S/C12H19NS/c1-2-11-5-7-14-12(11)8-10-4-3-6-13-9-10/h5,7,10,13H,2-4,6,8-9H2,1H3. The SMILES string of the molecule is CCc1ccsc1CC1CCCNC1. The van der Waals surface area contributed by atoms with Crippen molar-refractivity contribution in [1.82, 2.24) is 5.32 Å². The van der Waals surface area contributed by atoms with Crippen LogP contribution in [0.5, 0.6) is 0 Å². The van der Waals surface area contributed by atoms with Crippen molar-refractivity contribution in [3.05, 3.63) is 21.9 Å². The van der Waals surface area contributed by atoms with Crippen LogP contribution in [0.3, 0.4) is 0 Å². The van der Waals surface area contributed by atoms with Crippen molar-refractivity contribution in [3.63, 3.8) is 0 Å². The van der Waals surface area contributed by atoms with Gasteiger partial charge in [-0.3, -0.25) is 0 Å². The Hall–Kier alpha value is -0.340. The Morgan fingerprint density at radius 3 is 3.21 bits per heavy atom. The number of hydrogen-bond acceptors (Lipinski definition) is 2. The van der Waals surface area contributed by atoms with Gasteiger partial charge in [0.25, 0.3) is 0 Å². The number of thiophene rings is 1. The van der Waals surface area contributed by atoms with Crippen LogP contribution in [0.4, 0.5) is 0 Å². The van der Waals surface area contributed by atoms with E-state index in [0.717, 1.165) is 5.92 Å². The molecule has 1 nitrogen and oxygen atoms in total. The zero-order chi connectivity index (χ0) is 9.80. The molecule has 0 spiro atoms. The Bertz CT molecular complexity index is 274. The van der Waals surface area contributed by atoms with Gasteiger partial charge in [-0.05, 0) is 61.7 Å². The van der Waals surface area contributed by atoms with Gasteiger partial charge in [0, 0.05) is 4.88 Å². The first kappa shape index (κ1) is 10.2. The van der Waals surface area contributed by atoms with E-state index in [4.69, 9.17) is 0 Å². The molecule has 2 rings (SSSR count). The number of rotatable bonds is 3. The highest BCUT2D eigenvalue weighted by Gasteiger charge is 2.15. The molecule has 1 aromatic heterocycles. The predicted octanol–water partition coefficient (Wildman–Crippen LogP) is 2.85. The van der Waals surface area contributed by atoms with E-state index in [1.165, 1.54) is 38.8 Å². The predicted molar refractivity (Wildman–Crippen MR) is 63.0 cm³/mol. The minimum Gasteiger partial charge on any atom is -0.316 e. The van der Waals surface area contributed by atoms with Gasteiger partial charge in [-0.15, -0.1) is 11.3 Å². The largest absolute Gasteiger partial charge is 0.316 e. The lowest BCUT2D eigenvalue weighted by atomic mass is 9.94. The van der Waals surface area contributed by atoms with E-state index in [-0.39, 0.29) is 0 Å². The number of piperidine rings is 1. The molecular formula is C12H19NS. The molecule has 0 bridgehead atoms. The van der Waals surface area contributed by atoms with Crippen LogP contribution in [0.15, 0.2) is 11.4 Å². The van der Waals surface area contributed by atoms with Crippen LogP contribution in [0.1, 0.15) is 30.2 Å². The average molecular weight is 209 g/mol. The fraction of sp³-hybridized carbons (Fsp3) is 0.667. The van der Waals surface area contributed by atoms with Gasteiger partial charge in [0.2, 0.25) is 0 Å². The molecule has 2 heterocycles. The molecule has 14 heavy (non-hydrogen) atoms. The lowest BCUT2D eigenvalue weighted by molar-refractivity contribution is 0.377. The van der Waals surface area contributed by atoms with Crippen LogP contribution < -0.4 is 5.32 Å². The third kappa shape index (κ3) is 2.37. The summed E-state index contributed by atoms with van der Waals surface area (Å²) in [5, 5.41) is 5.73. The van der Waals surface area contributed by atoms with Crippen LogP contribution in [0.2, 0.25) is 0 Å². The summed E-state index contributed by atoms with van der Waals surface area (Å²) < 4.78 is 0. The van der Waals surface area contributed by atoms with Crippen molar-refractivity contribution in [2.24, 2.45) is 5.92 Å². The third-order valence-corrected chi connectivity index (χ3v) is 4.08. The van der Waals surface area contributed by atoms with Gasteiger partial charge in [0.15, 0.2) is 0 Å². The fourth-order valence-corrected chi connectivity index (χ4v) is 3.31. The molecule has 0 saturated carbocycles. The van der Waals surface area contributed by atoms with Crippen molar-refractivity contribution >= 4 is 11.3 Å². The second-order valence-corrected chi connectivity index (χ2v) is 5.14. The van der Waals surface area contributed by atoms with Crippen molar-refractivity contribution in [1.29, 1.82) is 0 Å². The molecular weight excluding hydrogens is 190 g/mol. The summed E-state index contributed by atoms with van der Waals surface area (Å²) in [6.45, 7) is 4.70. The van der Waals surface area contributed by atoms with Gasteiger partial charge in [0.05, 0.1) is 0 Å². The van der Waals surface area contributed by atoms with Crippen molar-refractivity contribution in [2.75, 3.05) is 13.1 Å². The zero-order valence-corrected chi connectivity index (χ0v) is 9.70. The van der Waals surface area contributed by atoms with Crippen LogP contribution >= 0.6 is 11.3 Å². The van der Waals surface area contributed by atoms with E-state index in [0.29, 0.717) is 0 Å². The summed E-state index contributed by atoms with van der Waals surface area (Å²) >= 11 is 1.94. The second-order valence-electron chi connectivity index (χ2n) is 4.14. The molecule has 1 atom stereocenters. The van der Waals surface area contributed by atoms with E-state index < -0.39 is 0 Å². The van der Waals surface area contributed by atoms with Crippen LogP contribution in [0.25, 0.3) is 0 Å². The van der Waals surface area contributed by atoms with E-state index in [2.05, 4.69) is 23.7 Å². The summed E-state index contributed by atoms with van der Waals surface area (Å²) in [7, 11) is 0. The van der Waals surface area contributed by atoms with Gasteiger partial charge in [-0.2, -0.15) is 0 Å². The van der Waals surface area contributed by atoms with Crippen molar-refractivity contribution in [2.45, 2.75) is 32.6 Å². The second kappa shape index (κ2) is 4.94. The molecule has 1 fully saturated rings. The first-order valence-electron chi connectivity index (χ1n) is 5.66. The van der Waals surface area contributed by atoms with Crippen LogP contribution in [-0.2, 0) is 12.8 Å². The molecule has 0 amide bonds. The maximum atomic E-state index is 3.49. The molecule has 1 aliphatic rings. The molecule has 78 valence electrons. The molecule has 1 saturated heterocycles. The molecule has 1 aliphatic heterocycles. The summed E-state index contributed by atoms with van der Waals surface area (Å²) in [6, 6.07) is 2.29. The maximum Gasteiger partial charge on any atom is 0.00803 e. The first-order valence-corrected chi connectivity index (χ1v) is 6.54. The highest BCUT2D eigenvalue weighted by molar-refractivity contribution is 7.10. The smallest absolute Gasteiger partial charge is 0.00803 e. The number of nitrogens with one attached hydrogen (secondary N) is 1. The van der Waals surface area contributed by atoms with Crippen LogP contribution in [0, 0.1) is 5.92 Å². The first-order chi connectivity index (χ1) is 6.90. The third-order valence-electron chi connectivity index (χ3n) is 3.09. The quantitative estimate of drug-likeness (QED) is 0.807. The normalized spacial score (nSPS) is 22.5. The van der Waals surface area contributed by atoms with Gasteiger partial charge in [-0.1, -0.05) is 6.92 Å². The average Bonchev–Trinajstić information content (AvgIpc) is 2.67. The van der Waals surface area contributed by atoms with Crippen molar-refractivity contribution in [3.8, 4) is 0 Å². The lowest BCUT2D eigenvalue weighted by Crippen LogP contribution is -2.30. The molecule has 1 N–H and O–H groups in total. The molecule has 2 heteroatoms. The summed E-state index contributed by atoms with van der Waals surface area (Å²) in [5.74, 6) is 0.882. The number of hydrogen-bond donors (Lipinski definition) is 1. The highest BCUT2D eigenvalue weighted by Crippen LogP contribution is 2.23. The number of aryl methyl sites for hydroxylation is 1. The molecule has 0 aliphatic carbocycles.